The van der Waals surface area contributed by atoms with Crippen molar-refractivity contribution in [3.05, 3.63) is 28.7 Å². The average Bonchev–Trinajstić information content (AvgIpc) is 2.17. The van der Waals surface area contributed by atoms with Crippen LogP contribution in [0.15, 0.2) is 23.1 Å². The largest absolute Gasteiger partial charge is 0.429 e. The van der Waals surface area contributed by atoms with Crippen LogP contribution in [-0.2, 0) is 4.65 Å². The molecule has 1 N–H and O–H groups in total. The first kappa shape index (κ1) is 12.0. The molecule has 1 heterocycles. The van der Waals surface area contributed by atoms with Crippen LogP contribution < -0.4 is 11.0 Å². The van der Waals surface area contributed by atoms with Crippen molar-refractivity contribution in [3.8, 4) is 0 Å². The third kappa shape index (κ3) is 3.55. The van der Waals surface area contributed by atoms with Gasteiger partial charge in [0.2, 0.25) is 5.56 Å². The number of hydrogen-bond donors (Lipinski definition) is 1. The molecule has 0 aromatic carbocycles. The molecule has 0 aliphatic carbocycles. The Balaban J connectivity index is 2.57. The number of aromatic amines is 1. The fourth-order valence-electron chi connectivity index (χ4n) is 0.852. The molecular weight excluding hydrogens is 189 g/mol. The van der Waals surface area contributed by atoms with E-state index in [4.69, 9.17) is 4.65 Å². The van der Waals surface area contributed by atoms with Gasteiger partial charge in [-0.1, -0.05) is 19.9 Å². The molecule has 0 unspecified atom stereocenters. The van der Waals surface area contributed by atoms with Crippen LogP contribution in [0.5, 0.6) is 0 Å². The third-order valence-corrected chi connectivity index (χ3v) is 2.70. The quantitative estimate of drug-likeness (QED) is 0.748. The Morgan fingerprint density at radius 3 is 2.53 bits per heavy atom. The second-order valence-corrected chi connectivity index (χ2v) is 4.48. The predicted molar refractivity (Wildman–Crippen MR) is 62.5 cm³/mol. The number of pyridine rings is 1. The Morgan fingerprint density at radius 1 is 1.40 bits per heavy atom. The van der Waals surface area contributed by atoms with Gasteiger partial charge in [-0.25, -0.2) is 0 Å². The number of rotatable bonds is 4. The van der Waals surface area contributed by atoms with E-state index in [1.807, 2.05) is 13.8 Å². The maximum absolute atomic E-state index is 10.8. The van der Waals surface area contributed by atoms with Crippen LogP contribution >= 0.6 is 0 Å². The molecule has 4 heteroatoms. The lowest BCUT2D eigenvalue weighted by Crippen LogP contribution is -2.36. The van der Waals surface area contributed by atoms with Gasteiger partial charge >= 0.3 is 7.48 Å². The maximum Gasteiger partial charge on any atom is 0.332 e. The summed E-state index contributed by atoms with van der Waals surface area (Å²) in [5.41, 5.74) is 0.564. The van der Waals surface area contributed by atoms with Crippen LogP contribution in [0.25, 0.3) is 0 Å². The molecule has 0 atom stereocenters. The van der Waals surface area contributed by atoms with E-state index in [2.05, 4.69) is 18.8 Å². The highest BCUT2D eigenvalue weighted by Gasteiger charge is 2.22. The highest BCUT2D eigenvalue weighted by Crippen LogP contribution is 2.19. The highest BCUT2D eigenvalue weighted by molar-refractivity contribution is 6.46. The van der Waals surface area contributed by atoms with E-state index in [1.54, 1.807) is 19.7 Å². The summed E-state index contributed by atoms with van der Waals surface area (Å²) in [6.45, 7) is 8.31. The molecule has 0 saturated heterocycles. The van der Waals surface area contributed by atoms with E-state index in [9.17, 15) is 4.79 Å². The van der Waals surface area contributed by atoms with Crippen molar-refractivity contribution in [2.75, 3.05) is 0 Å². The summed E-state index contributed by atoms with van der Waals surface area (Å²) in [5, 5.41) is 0. The van der Waals surface area contributed by atoms with Crippen molar-refractivity contribution >= 4 is 12.9 Å². The third-order valence-electron chi connectivity index (χ3n) is 2.70. The maximum atomic E-state index is 10.8. The fourth-order valence-corrected chi connectivity index (χ4v) is 0.852. The first-order chi connectivity index (χ1) is 6.92. The van der Waals surface area contributed by atoms with Crippen molar-refractivity contribution in [3.63, 3.8) is 0 Å². The number of H-pyrrole nitrogens is 1. The van der Waals surface area contributed by atoms with E-state index < -0.39 is 0 Å². The van der Waals surface area contributed by atoms with Gasteiger partial charge in [-0.05, 0) is 25.2 Å². The second-order valence-electron chi connectivity index (χ2n) is 4.48. The van der Waals surface area contributed by atoms with Gasteiger partial charge < -0.3 is 9.64 Å². The Bertz CT molecular complexity index is 351. The van der Waals surface area contributed by atoms with Crippen molar-refractivity contribution in [2.45, 2.75) is 33.3 Å². The summed E-state index contributed by atoms with van der Waals surface area (Å²) in [7, 11) is 1.68. The Labute approximate surface area is 91.1 Å². The van der Waals surface area contributed by atoms with Crippen LogP contribution in [0.2, 0.25) is 0 Å². The smallest absolute Gasteiger partial charge is 0.332 e. The Hall–Kier alpha value is -1.03. The molecule has 0 bridgehead atoms. The molecule has 0 amide bonds. The minimum atomic E-state index is -0.198. The average molecular weight is 206 g/mol. The molecule has 3 nitrogen and oxygen atoms in total. The molecule has 0 aliphatic rings. The molecule has 15 heavy (non-hydrogen) atoms. The standard InChI is InChI=1S/C11H17BNO2/c1-8(2)11(3,4)15-12-9-5-6-10(14)13-7-9/h5-8H,1-4H3,(H,13,14). The molecule has 1 aromatic heterocycles. The minimum absolute atomic E-state index is 0.102. The van der Waals surface area contributed by atoms with Crippen molar-refractivity contribution < 1.29 is 4.65 Å². The van der Waals surface area contributed by atoms with Crippen LogP contribution in [0.1, 0.15) is 27.7 Å². The van der Waals surface area contributed by atoms with Crippen LogP contribution in [0.3, 0.4) is 0 Å². The molecule has 0 saturated carbocycles. The van der Waals surface area contributed by atoms with Gasteiger partial charge in [0.15, 0.2) is 0 Å². The van der Waals surface area contributed by atoms with E-state index >= 15 is 0 Å². The van der Waals surface area contributed by atoms with E-state index in [0.717, 1.165) is 5.46 Å². The van der Waals surface area contributed by atoms with Crippen molar-refractivity contribution in [1.82, 2.24) is 4.98 Å². The summed E-state index contributed by atoms with van der Waals surface area (Å²) in [4.78, 5) is 13.4. The molecule has 1 rings (SSSR count). The SMILES string of the molecule is CC(C)C(C)(C)O[B]c1ccc(=O)[nH]c1. The molecule has 1 aromatic rings. The zero-order valence-corrected chi connectivity index (χ0v) is 9.70. The topological polar surface area (TPSA) is 42.1 Å². The summed E-state index contributed by atoms with van der Waals surface area (Å²) in [5.74, 6) is 0.427. The normalized spacial score (nSPS) is 11.8. The molecule has 0 spiro atoms. The Morgan fingerprint density at radius 2 is 2.07 bits per heavy atom. The molecule has 0 fully saturated rings. The summed E-state index contributed by atoms with van der Waals surface area (Å²) in [6, 6.07) is 3.22. The first-order valence-electron chi connectivity index (χ1n) is 5.11. The Kier molecular flexibility index (Phi) is 3.74. The molecule has 1 radical (unpaired) electrons. The number of hydrogen-bond acceptors (Lipinski definition) is 2. The first-order valence-corrected chi connectivity index (χ1v) is 5.11. The zero-order valence-electron chi connectivity index (χ0n) is 9.70. The van der Waals surface area contributed by atoms with E-state index in [1.165, 1.54) is 6.07 Å². The van der Waals surface area contributed by atoms with Gasteiger partial charge in [0.25, 0.3) is 0 Å². The van der Waals surface area contributed by atoms with Crippen molar-refractivity contribution in [2.24, 2.45) is 5.92 Å². The van der Waals surface area contributed by atoms with Crippen LogP contribution in [0.4, 0.5) is 0 Å². The molecular formula is C11H17BNO2. The lowest BCUT2D eigenvalue weighted by molar-refractivity contribution is 0.0668. The van der Waals surface area contributed by atoms with Gasteiger partial charge in [0.1, 0.15) is 0 Å². The number of nitrogens with one attached hydrogen (secondary N) is 1. The summed E-state index contributed by atoms with van der Waals surface area (Å²) < 4.78 is 5.67. The van der Waals surface area contributed by atoms with Gasteiger partial charge in [0.05, 0.1) is 0 Å². The summed E-state index contributed by atoms with van der Waals surface area (Å²) in [6.07, 6.45) is 1.64. The summed E-state index contributed by atoms with van der Waals surface area (Å²) >= 11 is 0. The van der Waals surface area contributed by atoms with E-state index in [0.29, 0.717) is 5.92 Å². The van der Waals surface area contributed by atoms with Gasteiger partial charge in [-0.15, -0.1) is 0 Å². The second kappa shape index (κ2) is 4.66. The monoisotopic (exact) mass is 206 g/mol. The lowest BCUT2D eigenvalue weighted by atomic mass is 9.85. The predicted octanol–water partition coefficient (Wildman–Crippen LogP) is 1.07. The van der Waals surface area contributed by atoms with Gasteiger partial charge in [-0.2, -0.15) is 0 Å². The minimum Gasteiger partial charge on any atom is -0.429 e. The highest BCUT2D eigenvalue weighted by atomic mass is 16.5. The van der Waals surface area contributed by atoms with Crippen molar-refractivity contribution in [1.29, 1.82) is 0 Å². The zero-order chi connectivity index (χ0) is 11.5. The number of aromatic nitrogens is 1. The lowest BCUT2D eigenvalue weighted by Gasteiger charge is -2.29. The fraction of sp³-hybridized carbons (Fsp3) is 0.545. The van der Waals surface area contributed by atoms with Crippen LogP contribution in [0, 0.1) is 5.92 Å². The van der Waals surface area contributed by atoms with Crippen LogP contribution in [-0.4, -0.2) is 18.1 Å². The van der Waals surface area contributed by atoms with E-state index in [-0.39, 0.29) is 11.2 Å². The molecule has 81 valence electrons. The van der Waals surface area contributed by atoms with Gasteiger partial charge in [0, 0.05) is 17.9 Å². The van der Waals surface area contributed by atoms with Gasteiger partial charge in [-0.3, -0.25) is 4.79 Å². The molecule has 0 aliphatic heterocycles.